The van der Waals surface area contributed by atoms with Gasteiger partial charge in [-0.3, -0.25) is 13.9 Å². The van der Waals surface area contributed by atoms with Gasteiger partial charge in [-0.1, -0.05) is 42.5 Å². The van der Waals surface area contributed by atoms with Crippen LogP contribution in [0.4, 0.5) is 5.69 Å². The molecule has 4 saturated carbocycles. The largest absolute Gasteiger partial charge is 0.355 e. The van der Waals surface area contributed by atoms with Crippen molar-refractivity contribution in [2.75, 3.05) is 30.2 Å². The smallest absolute Gasteiger partial charge is 0.244 e. The van der Waals surface area contributed by atoms with Gasteiger partial charge in [0.1, 0.15) is 12.6 Å². The molecule has 0 aliphatic heterocycles. The third-order valence-corrected chi connectivity index (χ3v) is 10.6. The Bertz CT molecular complexity index is 1270. The van der Waals surface area contributed by atoms with Crippen molar-refractivity contribution < 1.29 is 18.0 Å². The summed E-state index contributed by atoms with van der Waals surface area (Å²) in [7, 11) is -3.74. The summed E-state index contributed by atoms with van der Waals surface area (Å²) >= 11 is 0. The number of likely N-dealkylation sites (N-methyl/N-ethyl adjacent to an activating group) is 1. The van der Waals surface area contributed by atoms with Crippen molar-refractivity contribution in [3.63, 3.8) is 0 Å². The van der Waals surface area contributed by atoms with E-state index < -0.39 is 22.0 Å². The maximum absolute atomic E-state index is 13.7. The Hall–Kier alpha value is -2.87. The number of carbonyl (C=O) groups excluding carboxylic acids is 2. The highest BCUT2D eigenvalue weighted by molar-refractivity contribution is 7.92. The van der Waals surface area contributed by atoms with Gasteiger partial charge in [-0.25, -0.2) is 8.42 Å². The van der Waals surface area contributed by atoms with E-state index >= 15 is 0 Å². The minimum atomic E-state index is -3.74. The van der Waals surface area contributed by atoms with E-state index in [1.807, 2.05) is 49.4 Å². The Morgan fingerprint density at radius 1 is 0.950 bits per heavy atom. The Labute approximate surface area is 239 Å². The van der Waals surface area contributed by atoms with Gasteiger partial charge in [0.25, 0.3) is 0 Å². The molecule has 0 radical (unpaired) electrons. The number of hydrogen-bond acceptors (Lipinski definition) is 4. The third-order valence-electron chi connectivity index (χ3n) is 9.49. The molecule has 1 N–H and O–H groups in total. The van der Waals surface area contributed by atoms with Crippen LogP contribution in [0, 0.1) is 17.8 Å². The van der Waals surface area contributed by atoms with E-state index in [2.05, 4.69) is 17.4 Å². The summed E-state index contributed by atoms with van der Waals surface area (Å²) in [6.45, 7) is 3.94. The lowest BCUT2D eigenvalue weighted by atomic mass is 9.48. The fourth-order valence-electron chi connectivity index (χ4n) is 7.95. The Morgan fingerprint density at radius 3 is 2.05 bits per heavy atom. The van der Waals surface area contributed by atoms with E-state index in [4.69, 9.17) is 0 Å². The van der Waals surface area contributed by atoms with Crippen LogP contribution in [0.3, 0.4) is 0 Å². The zero-order valence-corrected chi connectivity index (χ0v) is 24.8. The molecule has 0 saturated heterocycles. The number of anilines is 1. The zero-order chi connectivity index (χ0) is 28.5. The molecular weight excluding hydrogens is 522 g/mol. The summed E-state index contributed by atoms with van der Waals surface area (Å²) in [5, 5.41) is 2.79. The first-order valence-corrected chi connectivity index (χ1v) is 16.6. The van der Waals surface area contributed by atoms with E-state index in [0.717, 1.165) is 29.6 Å². The average molecular weight is 566 g/mol. The molecule has 0 heterocycles. The molecular formula is C32H43N3O4S. The van der Waals surface area contributed by atoms with Crippen LogP contribution in [0.1, 0.15) is 63.5 Å². The summed E-state index contributed by atoms with van der Waals surface area (Å²) in [6, 6.07) is 17.0. The number of sulfonamides is 1. The minimum absolute atomic E-state index is 0.218. The van der Waals surface area contributed by atoms with Gasteiger partial charge in [-0.15, -0.1) is 0 Å². The van der Waals surface area contributed by atoms with E-state index in [9.17, 15) is 18.0 Å². The Morgan fingerprint density at radius 2 is 1.52 bits per heavy atom. The molecule has 6 rings (SSSR count). The van der Waals surface area contributed by atoms with Crippen molar-refractivity contribution in [2.45, 2.75) is 70.3 Å². The molecule has 216 valence electrons. The van der Waals surface area contributed by atoms with Crippen LogP contribution < -0.4 is 9.62 Å². The normalized spacial score (nSPS) is 25.8. The van der Waals surface area contributed by atoms with Crippen molar-refractivity contribution in [3.05, 3.63) is 65.7 Å². The molecule has 7 nitrogen and oxygen atoms in total. The van der Waals surface area contributed by atoms with E-state index in [-0.39, 0.29) is 17.9 Å². The first kappa shape index (κ1) is 28.7. The molecule has 1 unspecified atom stereocenters. The number of benzene rings is 2. The van der Waals surface area contributed by atoms with Gasteiger partial charge in [-0.2, -0.15) is 0 Å². The van der Waals surface area contributed by atoms with Crippen LogP contribution in [0.15, 0.2) is 54.6 Å². The van der Waals surface area contributed by atoms with Crippen molar-refractivity contribution in [1.82, 2.24) is 10.2 Å². The van der Waals surface area contributed by atoms with Gasteiger partial charge in [0, 0.05) is 13.1 Å². The molecule has 8 heteroatoms. The van der Waals surface area contributed by atoms with E-state index in [1.54, 1.807) is 6.92 Å². The van der Waals surface area contributed by atoms with Gasteiger partial charge >= 0.3 is 0 Å². The highest BCUT2D eigenvalue weighted by atomic mass is 32.2. The quantitative estimate of drug-likeness (QED) is 0.434. The fraction of sp³-hybridized carbons (Fsp3) is 0.562. The third kappa shape index (κ3) is 6.07. The topological polar surface area (TPSA) is 86.8 Å². The van der Waals surface area contributed by atoms with Crippen LogP contribution in [-0.2, 0) is 31.4 Å². The average Bonchev–Trinajstić information content (AvgIpc) is 2.91. The summed E-state index contributed by atoms with van der Waals surface area (Å²) in [4.78, 5) is 27.9. The predicted octanol–water partition coefficient (Wildman–Crippen LogP) is 4.52. The van der Waals surface area contributed by atoms with Crippen molar-refractivity contribution in [1.29, 1.82) is 0 Å². The van der Waals surface area contributed by atoms with E-state index in [0.29, 0.717) is 25.2 Å². The van der Waals surface area contributed by atoms with Crippen LogP contribution in [0.25, 0.3) is 0 Å². The maximum atomic E-state index is 13.7. The number of carbonyl (C=O) groups is 2. The van der Waals surface area contributed by atoms with Gasteiger partial charge in [0.05, 0.1) is 11.9 Å². The predicted molar refractivity (Wildman–Crippen MR) is 158 cm³/mol. The molecule has 4 bridgehead atoms. The second kappa shape index (κ2) is 11.6. The molecule has 4 fully saturated rings. The van der Waals surface area contributed by atoms with E-state index in [1.165, 1.54) is 53.3 Å². The lowest BCUT2D eigenvalue weighted by Gasteiger charge is -2.57. The fourth-order valence-corrected chi connectivity index (χ4v) is 8.80. The number of nitrogens with one attached hydrogen (secondary N) is 1. The number of hydrogen-bond donors (Lipinski definition) is 1. The molecule has 1 atom stereocenters. The molecule has 4 aliphatic rings. The first-order valence-electron chi connectivity index (χ1n) is 14.8. The summed E-state index contributed by atoms with van der Waals surface area (Å²) < 4.78 is 27.1. The molecule has 2 amide bonds. The highest BCUT2D eigenvalue weighted by Gasteiger charge is 2.51. The summed E-state index contributed by atoms with van der Waals surface area (Å²) in [5.74, 6) is 1.82. The monoisotopic (exact) mass is 565 g/mol. The molecule has 2 aromatic carbocycles. The second-order valence-corrected chi connectivity index (χ2v) is 14.3. The summed E-state index contributed by atoms with van der Waals surface area (Å²) in [5.41, 5.74) is 3.06. The van der Waals surface area contributed by atoms with Crippen LogP contribution >= 0.6 is 0 Å². The van der Waals surface area contributed by atoms with Gasteiger partial charge in [0.2, 0.25) is 21.8 Å². The van der Waals surface area contributed by atoms with Gasteiger partial charge in [-0.05, 0) is 105 Å². The lowest BCUT2D eigenvalue weighted by Crippen LogP contribution is -2.52. The highest BCUT2D eigenvalue weighted by Crippen LogP contribution is 2.60. The number of nitrogens with zero attached hydrogens (tertiary/aromatic N) is 2. The first-order chi connectivity index (χ1) is 19.1. The van der Waals surface area contributed by atoms with Crippen molar-refractivity contribution in [2.24, 2.45) is 17.8 Å². The van der Waals surface area contributed by atoms with Crippen LogP contribution in [0.2, 0.25) is 0 Å². The second-order valence-electron chi connectivity index (χ2n) is 12.4. The number of amides is 2. The molecule has 2 aromatic rings. The molecule has 0 spiro atoms. The molecule has 0 aromatic heterocycles. The Balaban J connectivity index is 1.35. The lowest BCUT2D eigenvalue weighted by molar-refractivity contribution is -0.138. The van der Waals surface area contributed by atoms with Crippen molar-refractivity contribution >= 4 is 27.5 Å². The standard InChI is InChI=1S/C32H43N3O4S/c1-4-33-31(37)23(2)34(15-14-24-8-6-5-7-9-24)30(36)22-35(40(3,38)39)29-12-10-28(11-13-29)32-19-25-16-26(20-32)18-27(17-25)21-32/h5-13,23,25-27H,4,14-22H2,1-3H3,(H,33,37). The molecule has 40 heavy (non-hydrogen) atoms. The summed E-state index contributed by atoms with van der Waals surface area (Å²) in [6.07, 6.45) is 9.52. The van der Waals surface area contributed by atoms with Crippen LogP contribution in [0.5, 0.6) is 0 Å². The molecule has 4 aliphatic carbocycles. The Kier molecular flexibility index (Phi) is 8.27. The number of rotatable bonds is 11. The van der Waals surface area contributed by atoms with Gasteiger partial charge < -0.3 is 10.2 Å². The van der Waals surface area contributed by atoms with Crippen molar-refractivity contribution in [3.8, 4) is 0 Å². The SMILES string of the molecule is CCNC(=O)C(C)N(CCc1ccccc1)C(=O)CN(c1ccc(C23CC4CC(CC(C4)C2)C3)cc1)S(C)(=O)=O. The maximum Gasteiger partial charge on any atom is 0.244 e. The minimum Gasteiger partial charge on any atom is -0.355 e. The van der Waals surface area contributed by atoms with Gasteiger partial charge in [0.15, 0.2) is 0 Å². The van der Waals surface area contributed by atoms with Crippen LogP contribution in [-0.4, -0.2) is 57.1 Å². The zero-order valence-electron chi connectivity index (χ0n) is 24.0.